The SMILES string of the molecule is CCNC#CC(NCC)NCC. The maximum absolute atomic E-state index is 3.22. The number of hydrogen-bond acceptors (Lipinski definition) is 3. The molecule has 70 valence electrons. The molecule has 0 aliphatic heterocycles. The molecule has 0 saturated carbocycles. The van der Waals surface area contributed by atoms with Crippen LogP contribution in [-0.2, 0) is 0 Å². The first kappa shape index (κ1) is 11.3. The number of rotatable bonds is 5. The van der Waals surface area contributed by atoms with Gasteiger partial charge in [0, 0.05) is 12.6 Å². The Morgan fingerprint density at radius 2 is 1.58 bits per heavy atom. The fraction of sp³-hybridized carbons (Fsp3) is 0.778. The van der Waals surface area contributed by atoms with Gasteiger partial charge in [-0.2, -0.15) is 0 Å². The lowest BCUT2D eigenvalue weighted by Crippen LogP contribution is -2.41. The van der Waals surface area contributed by atoms with Crippen LogP contribution in [0, 0.1) is 12.0 Å². The van der Waals surface area contributed by atoms with Crippen LogP contribution >= 0.6 is 0 Å². The molecule has 0 unspecified atom stereocenters. The van der Waals surface area contributed by atoms with Crippen molar-refractivity contribution in [3.05, 3.63) is 0 Å². The maximum Gasteiger partial charge on any atom is 0.123 e. The molecule has 12 heavy (non-hydrogen) atoms. The summed E-state index contributed by atoms with van der Waals surface area (Å²) in [7, 11) is 0. The molecule has 0 bridgehead atoms. The fourth-order valence-corrected chi connectivity index (χ4v) is 0.794. The van der Waals surface area contributed by atoms with Gasteiger partial charge in [0.1, 0.15) is 6.17 Å². The maximum atomic E-state index is 3.22. The Hall–Kier alpha value is -0.720. The Morgan fingerprint density at radius 3 is 2.00 bits per heavy atom. The summed E-state index contributed by atoms with van der Waals surface area (Å²) in [5, 5.41) is 9.39. The van der Waals surface area contributed by atoms with E-state index in [0.29, 0.717) is 0 Å². The summed E-state index contributed by atoms with van der Waals surface area (Å²) >= 11 is 0. The second-order valence-electron chi connectivity index (χ2n) is 2.35. The van der Waals surface area contributed by atoms with Gasteiger partial charge >= 0.3 is 0 Å². The predicted molar refractivity (Wildman–Crippen MR) is 52.6 cm³/mol. The summed E-state index contributed by atoms with van der Waals surface area (Å²) in [6.07, 6.45) is 0.110. The van der Waals surface area contributed by atoms with Gasteiger partial charge in [-0.15, -0.1) is 0 Å². The van der Waals surface area contributed by atoms with Crippen LogP contribution in [0.2, 0.25) is 0 Å². The lowest BCUT2D eigenvalue weighted by Gasteiger charge is -2.11. The summed E-state index contributed by atoms with van der Waals surface area (Å²) in [6.45, 7) is 8.91. The quantitative estimate of drug-likeness (QED) is 0.310. The molecule has 0 rings (SSSR count). The van der Waals surface area contributed by atoms with E-state index in [1.807, 2.05) is 6.92 Å². The van der Waals surface area contributed by atoms with Crippen molar-refractivity contribution in [3.8, 4) is 12.0 Å². The highest BCUT2D eigenvalue weighted by molar-refractivity contribution is 5.04. The lowest BCUT2D eigenvalue weighted by molar-refractivity contribution is 0.532. The molecular formula is C9H19N3. The third-order valence-corrected chi connectivity index (χ3v) is 1.30. The lowest BCUT2D eigenvalue weighted by atomic mass is 10.4. The highest BCUT2D eigenvalue weighted by Crippen LogP contribution is 1.72. The monoisotopic (exact) mass is 169 g/mol. The largest absolute Gasteiger partial charge is 0.346 e. The van der Waals surface area contributed by atoms with Gasteiger partial charge in [0.05, 0.1) is 0 Å². The molecule has 0 aromatic carbocycles. The number of nitrogens with one attached hydrogen (secondary N) is 3. The van der Waals surface area contributed by atoms with Gasteiger partial charge in [-0.3, -0.25) is 10.6 Å². The summed E-state index contributed by atoms with van der Waals surface area (Å²) in [4.78, 5) is 0. The van der Waals surface area contributed by atoms with Crippen molar-refractivity contribution in [1.82, 2.24) is 16.0 Å². The molecule has 0 fully saturated rings. The Kier molecular flexibility index (Phi) is 7.87. The molecule has 0 amide bonds. The standard InChI is InChI=1S/C9H19N3/c1-4-10-8-7-9(11-5-2)12-6-3/h9-12H,4-6H2,1-3H3. The molecule has 0 aliphatic carbocycles. The van der Waals surface area contributed by atoms with E-state index >= 15 is 0 Å². The molecule has 3 N–H and O–H groups in total. The molecule has 0 aromatic rings. The van der Waals surface area contributed by atoms with Crippen molar-refractivity contribution in [2.24, 2.45) is 0 Å². The minimum absolute atomic E-state index is 0.110. The Balaban J connectivity index is 3.70. The van der Waals surface area contributed by atoms with E-state index in [9.17, 15) is 0 Å². The van der Waals surface area contributed by atoms with Crippen LogP contribution in [0.15, 0.2) is 0 Å². The summed E-state index contributed by atoms with van der Waals surface area (Å²) in [5.74, 6) is 3.04. The summed E-state index contributed by atoms with van der Waals surface area (Å²) < 4.78 is 0. The molecule has 3 nitrogen and oxygen atoms in total. The van der Waals surface area contributed by atoms with Crippen molar-refractivity contribution < 1.29 is 0 Å². The molecular weight excluding hydrogens is 150 g/mol. The van der Waals surface area contributed by atoms with E-state index in [1.165, 1.54) is 0 Å². The second kappa shape index (κ2) is 8.38. The van der Waals surface area contributed by atoms with E-state index in [4.69, 9.17) is 0 Å². The molecule has 0 aromatic heterocycles. The molecule has 0 atom stereocenters. The average Bonchev–Trinajstić information content (AvgIpc) is 2.06. The zero-order valence-electron chi connectivity index (χ0n) is 8.20. The van der Waals surface area contributed by atoms with Gasteiger partial charge < -0.3 is 5.32 Å². The Morgan fingerprint density at radius 1 is 1.00 bits per heavy atom. The molecule has 0 radical (unpaired) electrons. The van der Waals surface area contributed by atoms with Crippen LogP contribution < -0.4 is 16.0 Å². The van der Waals surface area contributed by atoms with Crippen molar-refractivity contribution in [3.63, 3.8) is 0 Å². The van der Waals surface area contributed by atoms with Crippen molar-refractivity contribution >= 4 is 0 Å². The van der Waals surface area contributed by atoms with Crippen LogP contribution in [0.5, 0.6) is 0 Å². The fourth-order valence-electron chi connectivity index (χ4n) is 0.794. The van der Waals surface area contributed by atoms with Gasteiger partial charge in [0.2, 0.25) is 0 Å². The van der Waals surface area contributed by atoms with E-state index in [1.54, 1.807) is 0 Å². The van der Waals surface area contributed by atoms with Crippen molar-refractivity contribution in [2.45, 2.75) is 26.9 Å². The highest BCUT2D eigenvalue weighted by Gasteiger charge is 1.97. The van der Waals surface area contributed by atoms with Crippen LogP contribution in [0.4, 0.5) is 0 Å². The van der Waals surface area contributed by atoms with Crippen LogP contribution in [0.1, 0.15) is 20.8 Å². The smallest absolute Gasteiger partial charge is 0.123 e. The number of hydrogen-bond donors (Lipinski definition) is 3. The summed E-state index contributed by atoms with van der Waals surface area (Å²) in [6, 6.07) is 2.88. The van der Waals surface area contributed by atoms with Gasteiger partial charge in [-0.25, -0.2) is 0 Å². The van der Waals surface area contributed by atoms with E-state index in [2.05, 4.69) is 41.8 Å². The molecule has 0 heterocycles. The highest BCUT2D eigenvalue weighted by atomic mass is 15.1. The predicted octanol–water partition coefficient (Wildman–Crippen LogP) is 0.102. The van der Waals surface area contributed by atoms with Crippen LogP contribution in [0.25, 0.3) is 0 Å². The third-order valence-electron chi connectivity index (χ3n) is 1.30. The van der Waals surface area contributed by atoms with Gasteiger partial charge in [-0.05, 0) is 25.9 Å². The van der Waals surface area contributed by atoms with Crippen LogP contribution in [0.3, 0.4) is 0 Å². The van der Waals surface area contributed by atoms with Crippen molar-refractivity contribution in [2.75, 3.05) is 19.6 Å². The van der Waals surface area contributed by atoms with E-state index in [-0.39, 0.29) is 6.17 Å². The van der Waals surface area contributed by atoms with E-state index < -0.39 is 0 Å². The third kappa shape index (κ3) is 6.02. The first-order valence-corrected chi connectivity index (χ1v) is 4.55. The average molecular weight is 169 g/mol. The summed E-state index contributed by atoms with van der Waals surface area (Å²) in [5.41, 5.74) is 0. The van der Waals surface area contributed by atoms with Gasteiger partial charge in [0.25, 0.3) is 0 Å². The molecule has 0 saturated heterocycles. The van der Waals surface area contributed by atoms with E-state index in [0.717, 1.165) is 19.6 Å². The first-order chi connectivity index (χ1) is 5.85. The molecule has 0 aliphatic rings. The van der Waals surface area contributed by atoms with Crippen LogP contribution in [-0.4, -0.2) is 25.8 Å². The minimum atomic E-state index is 0.110. The molecule has 3 heteroatoms. The second-order valence-corrected chi connectivity index (χ2v) is 2.35. The Labute approximate surface area is 75.3 Å². The zero-order valence-corrected chi connectivity index (χ0v) is 8.20. The topological polar surface area (TPSA) is 36.1 Å². The van der Waals surface area contributed by atoms with Crippen molar-refractivity contribution in [1.29, 1.82) is 0 Å². The molecule has 0 spiro atoms. The zero-order chi connectivity index (χ0) is 9.23. The van der Waals surface area contributed by atoms with Gasteiger partial charge in [-0.1, -0.05) is 13.8 Å². The van der Waals surface area contributed by atoms with Gasteiger partial charge in [0.15, 0.2) is 0 Å². The first-order valence-electron chi connectivity index (χ1n) is 4.55. The Bertz CT molecular complexity index is 140. The minimum Gasteiger partial charge on any atom is -0.346 e. The normalized spacial score (nSPS) is 9.33.